The van der Waals surface area contributed by atoms with E-state index >= 15 is 0 Å². The molecule has 2 bridgehead atoms. The molecule has 0 aromatic heterocycles. The van der Waals surface area contributed by atoms with Crippen LogP contribution in [0, 0.1) is 17.8 Å². The Bertz CT molecular complexity index is 1840. The molecular formula is C42H57ClN4O6S. The minimum atomic E-state index is -3.99. The lowest BCUT2D eigenvalue weighted by Crippen LogP contribution is -2.62. The average Bonchev–Trinajstić information content (AvgIpc) is 3.13. The Morgan fingerprint density at radius 3 is 2.59 bits per heavy atom. The summed E-state index contributed by atoms with van der Waals surface area (Å²) in [6.07, 6.45) is 13.5. The third-order valence-electron chi connectivity index (χ3n) is 13.0. The number of fused-ring (bicyclic) bond motifs is 4. The van der Waals surface area contributed by atoms with Crippen molar-refractivity contribution >= 4 is 39.1 Å². The second-order valence-corrected chi connectivity index (χ2v) is 18.9. The number of nitrogens with one attached hydrogen (secondary N) is 1. The second kappa shape index (κ2) is 16.5. The van der Waals surface area contributed by atoms with Gasteiger partial charge in [-0.25, -0.2) is 13.1 Å². The summed E-state index contributed by atoms with van der Waals surface area (Å²) < 4.78 is 42.8. The molecule has 0 radical (unpaired) electrons. The summed E-state index contributed by atoms with van der Waals surface area (Å²) in [7, 11) is -2.20. The van der Waals surface area contributed by atoms with Crippen molar-refractivity contribution in [2.45, 2.75) is 94.9 Å². The number of rotatable bonds is 3. The van der Waals surface area contributed by atoms with Gasteiger partial charge in [-0.05, 0) is 124 Å². The molecule has 1 N–H and O–H groups in total. The quantitative estimate of drug-likeness (QED) is 0.364. The minimum Gasteiger partial charge on any atom is -0.491 e. The summed E-state index contributed by atoms with van der Waals surface area (Å²) in [6.45, 7) is 8.15. The zero-order valence-electron chi connectivity index (χ0n) is 32.1. The van der Waals surface area contributed by atoms with Gasteiger partial charge in [0, 0.05) is 62.9 Å². The summed E-state index contributed by atoms with van der Waals surface area (Å²) in [5, 5.41) is -0.0759. The van der Waals surface area contributed by atoms with Crippen molar-refractivity contribution in [3.8, 4) is 5.75 Å². The number of nitrogens with zero attached hydrogens (tertiary/aromatic N) is 3. The number of hydrogen-bond donors (Lipinski definition) is 1. The topological polar surface area (TPSA) is 108 Å². The van der Waals surface area contributed by atoms with E-state index < -0.39 is 26.8 Å². The number of carbonyl (C=O) groups is 2. The predicted octanol–water partition coefficient (Wildman–Crippen LogP) is 6.26. The van der Waals surface area contributed by atoms with Crippen molar-refractivity contribution in [3.05, 3.63) is 70.3 Å². The zero-order chi connectivity index (χ0) is 38.0. The van der Waals surface area contributed by atoms with Crippen LogP contribution < -0.4 is 14.4 Å². The summed E-state index contributed by atoms with van der Waals surface area (Å²) in [5.74, 6) is 0.429. The lowest BCUT2D eigenvalue weighted by atomic mass is 9.63. The van der Waals surface area contributed by atoms with E-state index in [1.165, 1.54) is 11.1 Å². The van der Waals surface area contributed by atoms with Gasteiger partial charge in [0.25, 0.3) is 5.91 Å². The molecule has 6 atom stereocenters. The van der Waals surface area contributed by atoms with Gasteiger partial charge in [-0.2, -0.15) is 0 Å². The van der Waals surface area contributed by atoms with Crippen LogP contribution in [0.3, 0.4) is 0 Å². The van der Waals surface area contributed by atoms with E-state index in [-0.39, 0.29) is 35.3 Å². The number of halogens is 1. The Balaban J connectivity index is 1.25. The van der Waals surface area contributed by atoms with Gasteiger partial charge in [-0.3, -0.25) is 14.5 Å². The van der Waals surface area contributed by atoms with Gasteiger partial charge >= 0.3 is 0 Å². The summed E-state index contributed by atoms with van der Waals surface area (Å²) >= 11 is 6.42. The molecule has 54 heavy (non-hydrogen) atoms. The molecule has 4 heterocycles. The van der Waals surface area contributed by atoms with Crippen molar-refractivity contribution in [1.29, 1.82) is 0 Å². The molecule has 10 nitrogen and oxygen atoms in total. The Kier molecular flexibility index (Phi) is 12.0. The van der Waals surface area contributed by atoms with Gasteiger partial charge in [0.2, 0.25) is 15.9 Å². The monoisotopic (exact) mass is 780 g/mol. The maximum Gasteiger partial charge on any atom is 0.264 e. The lowest BCUT2D eigenvalue weighted by Gasteiger charge is -2.52. The number of sulfonamides is 1. The van der Waals surface area contributed by atoms with E-state index in [0.29, 0.717) is 38.3 Å². The first-order chi connectivity index (χ1) is 26.0. The van der Waals surface area contributed by atoms with Gasteiger partial charge in [-0.1, -0.05) is 36.7 Å². The van der Waals surface area contributed by atoms with Crippen molar-refractivity contribution in [1.82, 2.24) is 14.5 Å². The van der Waals surface area contributed by atoms with Crippen LogP contribution in [0.5, 0.6) is 5.75 Å². The number of piperidine rings is 1. The Labute approximate surface area is 326 Å². The van der Waals surface area contributed by atoms with Gasteiger partial charge in [0.1, 0.15) is 11.4 Å². The van der Waals surface area contributed by atoms with Gasteiger partial charge in [0.15, 0.2) is 0 Å². The molecule has 12 heteroatoms. The summed E-state index contributed by atoms with van der Waals surface area (Å²) in [6, 6.07) is 11.6. The number of amides is 2. The van der Waals surface area contributed by atoms with Crippen LogP contribution in [-0.2, 0) is 32.4 Å². The van der Waals surface area contributed by atoms with Crippen molar-refractivity contribution < 1.29 is 27.5 Å². The van der Waals surface area contributed by atoms with E-state index in [2.05, 4.69) is 43.7 Å². The highest BCUT2D eigenvalue weighted by Crippen LogP contribution is 2.47. The van der Waals surface area contributed by atoms with E-state index in [4.69, 9.17) is 21.1 Å². The number of methoxy groups -OCH3 is 1. The van der Waals surface area contributed by atoms with Crippen LogP contribution in [0.4, 0.5) is 5.69 Å². The number of benzene rings is 2. The van der Waals surface area contributed by atoms with Crippen LogP contribution in [-0.4, -0.2) is 99.9 Å². The fourth-order valence-corrected chi connectivity index (χ4v) is 11.0. The fourth-order valence-electron chi connectivity index (χ4n) is 9.48. The van der Waals surface area contributed by atoms with Crippen LogP contribution in [0.25, 0.3) is 0 Å². The molecule has 0 unspecified atom stereocenters. The molecule has 4 aliphatic heterocycles. The van der Waals surface area contributed by atoms with Crippen LogP contribution in [0.1, 0.15) is 86.7 Å². The van der Waals surface area contributed by atoms with Crippen LogP contribution >= 0.6 is 11.6 Å². The number of allylic oxidation sites excluding steroid dienone is 1. The third-order valence-corrected chi connectivity index (χ3v) is 15.2. The smallest absolute Gasteiger partial charge is 0.264 e. The summed E-state index contributed by atoms with van der Waals surface area (Å²) in [5.41, 5.74) is 2.89. The van der Waals surface area contributed by atoms with Crippen molar-refractivity contribution in [2.24, 2.45) is 17.8 Å². The van der Waals surface area contributed by atoms with Crippen LogP contribution in [0.2, 0.25) is 5.02 Å². The molecular weight excluding hydrogens is 724 g/mol. The standard InChI is InChI=1S/C42H57ClN4O6S/c1-29-9-8-19-42(52-3,28-45-26-36-11-5-7-21-47(36)40(48)27-45)37-16-13-34(37)25-46-20-6-4-10-32-23-35(43)15-12-31(32)18-22-53-39-17-14-33(24-38(39)46)41(49)44-54(50,51)30(29)2/h8,12,14-15,17,19,23-24,29-30,34,36-37H,4-7,9-11,13,16,18,20-22,25-28H2,1-3H3,(H,44,49)/b19-8+/t29-,30+,34-,36+,37+,42+/m0/s1. The third kappa shape index (κ3) is 8.34. The van der Waals surface area contributed by atoms with Crippen molar-refractivity contribution in [3.63, 3.8) is 0 Å². The molecule has 2 saturated heterocycles. The van der Waals surface area contributed by atoms with E-state index in [1.54, 1.807) is 20.1 Å². The first kappa shape index (κ1) is 39.1. The first-order valence-corrected chi connectivity index (χ1v) is 22.0. The van der Waals surface area contributed by atoms with E-state index in [9.17, 15) is 18.0 Å². The van der Waals surface area contributed by atoms with Gasteiger partial charge < -0.3 is 19.3 Å². The average molecular weight is 781 g/mol. The number of anilines is 1. The highest BCUT2D eigenvalue weighted by molar-refractivity contribution is 7.90. The van der Waals surface area contributed by atoms with Gasteiger partial charge in [0.05, 0.1) is 24.1 Å². The predicted molar refractivity (Wildman–Crippen MR) is 213 cm³/mol. The number of ether oxygens (including phenoxy) is 2. The number of carbonyl (C=O) groups excluding carboxylic acids is 2. The number of hydrogen-bond acceptors (Lipinski definition) is 8. The minimum absolute atomic E-state index is 0.175. The number of piperazine rings is 1. The molecule has 294 valence electrons. The van der Waals surface area contributed by atoms with Crippen LogP contribution in [0.15, 0.2) is 48.6 Å². The number of aryl methyl sites for hydroxylation is 1. The van der Waals surface area contributed by atoms with E-state index in [1.807, 2.05) is 25.1 Å². The largest absolute Gasteiger partial charge is 0.491 e. The lowest BCUT2D eigenvalue weighted by molar-refractivity contribution is -0.146. The Morgan fingerprint density at radius 1 is 0.963 bits per heavy atom. The molecule has 3 fully saturated rings. The molecule has 1 saturated carbocycles. The Hall–Kier alpha value is -3.12. The molecule has 2 aromatic carbocycles. The molecule has 2 aromatic rings. The molecule has 7 rings (SSSR count). The molecule has 5 aliphatic rings. The van der Waals surface area contributed by atoms with E-state index in [0.717, 1.165) is 88.3 Å². The fraction of sp³-hybridized carbons (Fsp3) is 0.619. The molecule has 2 amide bonds. The van der Waals surface area contributed by atoms with Crippen molar-refractivity contribution in [2.75, 3.05) is 57.9 Å². The molecule has 1 aliphatic carbocycles. The second-order valence-electron chi connectivity index (χ2n) is 16.4. The maximum absolute atomic E-state index is 13.6. The highest BCUT2D eigenvalue weighted by Gasteiger charge is 2.49. The zero-order valence-corrected chi connectivity index (χ0v) is 33.7. The normalized spacial score (nSPS) is 31.6. The highest BCUT2D eigenvalue weighted by atomic mass is 35.5. The Morgan fingerprint density at radius 2 is 1.80 bits per heavy atom. The van der Waals surface area contributed by atoms with Gasteiger partial charge in [-0.15, -0.1) is 0 Å². The summed E-state index contributed by atoms with van der Waals surface area (Å²) in [4.78, 5) is 33.8. The SMILES string of the molecule is CO[C@@]1(CN2CC(=O)N3CCCC[C@@H]3C2)/C=C/C[C@H](C)[C@@H](C)S(=O)(=O)NC(=O)c2ccc3c(c2)N(CCCCc2cc(Cl)ccc2CCO3)C[C@@H]2CC[C@H]21. The molecule has 0 spiro atoms. The maximum atomic E-state index is 13.6. The first-order valence-electron chi connectivity index (χ1n) is 20.1.